The average molecular weight is 306 g/mol. The SMILES string of the molecule is Cc1ccsc1C(=O)Nc1ccc(Cl)cc1C#CCO. The molecular formula is C15H12ClNO2S. The van der Waals surface area contributed by atoms with E-state index in [1.807, 2.05) is 18.4 Å². The first-order valence-electron chi connectivity index (χ1n) is 5.86. The molecule has 0 spiro atoms. The summed E-state index contributed by atoms with van der Waals surface area (Å²) in [6, 6.07) is 6.93. The van der Waals surface area contributed by atoms with E-state index in [2.05, 4.69) is 17.2 Å². The minimum atomic E-state index is -0.246. The van der Waals surface area contributed by atoms with E-state index in [1.54, 1.807) is 18.2 Å². The van der Waals surface area contributed by atoms with E-state index < -0.39 is 0 Å². The number of halogens is 1. The highest BCUT2D eigenvalue weighted by atomic mass is 35.5. The van der Waals surface area contributed by atoms with E-state index >= 15 is 0 Å². The summed E-state index contributed by atoms with van der Waals surface area (Å²) in [6.45, 7) is 1.64. The number of thiophene rings is 1. The smallest absolute Gasteiger partial charge is 0.266 e. The van der Waals surface area contributed by atoms with Crippen LogP contribution in [0.1, 0.15) is 20.8 Å². The van der Waals surface area contributed by atoms with Crippen LogP contribution in [0.5, 0.6) is 0 Å². The van der Waals surface area contributed by atoms with Gasteiger partial charge in [0.2, 0.25) is 0 Å². The van der Waals surface area contributed by atoms with Gasteiger partial charge >= 0.3 is 0 Å². The number of anilines is 1. The number of benzene rings is 1. The molecule has 0 fully saturated rings. The summed E-state index contributed by atoms with van der Waals surface area (Å²) in [5, 5.41) is 14.0. The van der Waals surface area contributed by atoms with Gasteiger partial charge < -0.3 is 10.4 Å². The molecule has 0 saturated carbocycles. The van der Waals surface area contributed by atoms with Gasteiger partial charge in [0.15, 0.2) is 0 Å². The highest BCUT2D eigenvalue weighted by molar-refractivity contribution is 7.12. The van der Waals surface area contributed by atoms with Crippen molar-refractivity contribution in [1.82, 2.24) is 0 Å². The zero-order valence-corrected chi connectivity index (χ0v) is 12.3. The molecule has 1 heterocycles. The van der Waals surface area contributed by atoms with Crippen LogP contribution in [0.3, 0.4) is 0 Å². The standard InChI is InChI=1S/C15H12ClNO2S/c1-10-6-8-20-14(10)15(19)17-13-5-4-12(16)9-11(13)3-2-7-18/h4-6,8-9,18H,7H2,1H3,(H,17,19). The Morgan fingerprint density at radius 3 is 2.90 bits per heavy atom. The molecule has 0 saturated heterocycles. The minimum Gasteiger partial charge on any atom is -0.384 e. The normalized spacial score (nSPS) is 9.75. The molecule has 0 aliphatic carbocycles. The maximum atomic E-state index is 12.2. The second-order valence-electron chi connectivity index (χ2n) is 4.04. The molecule has 2 rings (SSSR count). The predicted molar refractivity (Wildman–Crippen MR) is 82.4 cm³/mol. The fraction of sp³-hybridized carbons (Fsp3) is 0.133. The lowest BCUT2D eigenvalue weighted by molar-refractivity contribution is 0.103. The van der Waals surface area contributed by atoms with Crippen LogP contribution in [-0.2, 0) is 0 Å². The fourth-order valence-corrected chi connectivity index (χ4v) is 2.64. The Hall–Kier alpha value is -1.80. The first kappa shape index (κ1) is 14.6. The molecule has 1 amide bonds. The van der Waals surface area contributed by atoms with E-state index in [-0.39, 0.29) is 12.5 Å². The highest BCUT2D eigenvalue weighted by Gasteiger charge is 2.12. The van der Waals surface area contributed by atoms with Gasteiger partial charge in [-0.15, -0.1) is 11.3 Å². The number of carbonyl (C=O) groups is 1. The van der Waals surface area contributed by atoms with E-state index in [4.69, 9.17) is 16.7 Å². The van der Waals surface area contributed by atoms with Crippen molar-refractivity contribution in [3.63, 3.8) is 0 Å². The van der Waals surface area contributed by atoms with Crippen molar-refractivity contribution in [2.24, 2.45) is 0 Å². The molecule has 102 valence electrons. The lowest BCUT2D eigenvalue weighted by Gasteiger charge is -2.07. The van der Waals surface area contributed by atoms with Gasteiger partial charge in [-0.25, -0.2) is 0 Å². The van der Waals surface area contributed by atoms with Gasteiger partial charge in [-0.2, -0.15) is 0 Å². The highest BCUT2D eigenvalue weighted by Crippen LogP contribution is 2.22. The molecule has 1 aromatic carbocycles. The molecule has 0 radical (unpaired) electrons. The van der Waals surface area contributed by atoms with Gasteiger partial charge in [-0.1, -0.05) is 23.4 Å². The maximum absolute atomic E-state index is 12.2. The van der Waals surface area contributed by atoms with Crippen molar-refractivity contribution in [1.29, 1.82) is 0 Å². The molecule has 2 aromatic rings. The molecule has 0 atom stereocenters. The summed E-state index contributed by atoms with van der Waals surface area (Å²) in [7, 11) is 0. The molecule has 0 unspecified atom stereocenters. The number of nitrogens with one attached hydrogen (secondary N) is 1. The first-order chi connectivity index (χ1) is 9.61. The Balaban J connectivity index is 2.29. The number of aliphatic hydroxyl groups is 1. The number of hydrogen-bond donors (Lipinski definition) is 2. The third-order valence-electron chi connectivity index (χ3n) is 2.60. The molecular weight excluding hydrogens is 294 g/mol. The molecule has 0 aliphatic rings. The zero-order valence-electron chi connectivity index (χ0n) is 10.7. The second kappa shape index (κ2) is 6.58. The third-order valence-corrected chi connectivity index (χ3v) is 3.85. The Morgan fingerprint density at radius 2 is 2.25 bits per heavy atom. The van der Waals surface area contributed by atoms with E-state index in [0.29, 0.717) is 21.2 Å². The number of hydrogen-bond acceptors (Lipinski definition) is 3. The molecule has 20 heavy (non-hydrogen) atoms. The Morgan fingerprint density at radius 1 is 1.45 bits per heavy atom. The first-order valence-corrected chi connectivity index (χ1v) is 7.12. The third kappa shape index (κ3) is 3.40. The van der Waals surface area contributed by atoms with Crippen LogP contribution < -0.4 is 5.32 Å². The largest absolute Gasteiger partial charge is 0.384 e. The van der Waals surface area contributed by atoms with Crippen LogP contribution >= 0.6 is 22.9 Å². The molecule has 5 heteroatoms. The lowest BCUT2D eigenvalue weighted by Crippen LogP contribution is -2.12. The van der Waals surface area contributed by atoms with E-state index in [0.717, 1.165) is 5.56 Å². The van der Waals surface area contributed by atoms with E-state index in [1.165, 1.54) is 11.3 Å². The summed E-state index contributed by atoms with van der Waals surface area (Å²) < 4.78 is 0. The van der Waals surface area contributed by atoms with Crippen molar-refractivity contribution >= 4 is 34.5 Å². The summed E-state index contributed by atoms with van der Waals surface area (Å²) in [4.78, 5) is 12.8. The lowest BCUT2D eigenvalue weighted by atomic mass is 10.1. The summed E-state index contributed by atoms with van der Waals surface area (Å²) in [5.41, 5.74) is 2.09. The van der Waals surface area contributed by atoms with Crippen LogP contribution in [0.4, 0.5) is 5.69 Å². The van der Waals surface area contributed by atoms with Crippen molar-refractivity contribution in [2.45, 2.75) is 6.92 Å². The minimum absolute atomic E-state index is 0.174. The second-order valence-corrected chi connectivity index (χ2v) is 5.39. The molecule has 0 aliphatic heterocycles. The summed E-state index contributed by atoms with van der Waals surface area (Å²) >= 11 is 7.31. The van der Waals surface area contributed by atoms with Crippen molar-refractivity contribution in [2.75, 3.05) is 11.9 Å². The monoisotopic (exact) mass is 305 g/mol. The Bertz CT molecular complexity index is 697. The van der Waals surface area contributed by atoms with Gasteiger partial charge in [-0.05, 0) is 42.1 Å². The van der Waals surface area contributed by atoms with Crippen molar-refractivity contribution in [3.05, 3.63) is 50.7 Å². The van der Waals surface area contributed by atoms with Crippen LogP contribution in [0, 0.1) is 18.8 Å². The number of aryl methyl sites for hydroxylation is 1. The molecule has 3 nitrogen and oxygen atoms in total. The zero-order chi connectivity index (χ0) is 14.5. The number of aliphatic hydroxyl groups excluding tert-OH is 1. The van der Waals surface area contributed by atoms with Gasteiger partial charge in [-0.3, -0.25) is 4.79 Å². The fourth-order valence-electron chi connectivity index (χ4n) is 1.65. The van der Waals surface area contributed by atoms with Gasteiger partial charge in [0.05, 0.1) is 10.6 Å². The Labute approximate surface area is 126 Å². The molecule has 2 N–H and O–H groups in total. The number of carbonyl (C=O) groups excluding carboxylic acids is 1. The predicted octanol–water partition coefficient (Wildman–Crippen LogP) is 3.31. The maximum Gasteiger partial charge on any atom is 0.266 e. The summed E-state index contributed by atoms with van der Waals surface area (Å²) in [5.74, 6) is 5.15. The van der Waals surface area contributed by atoms with Crippen molar-refractivity contribution < 1.29 is 9.90 Å². The van der Waals surface area contributed by atoms with Gasteiger partial charge in [0.1, 0.15) is 6.61 Å². The van der Waals surface area contributed by atoms with Crippen LogP contribution in [0.15, 0.2) is 29.6 Å². The van der Waals surface area contributed by atoms with Crippen LogP contribution in [-0.4, -0.2) is 17.6 Å². The number of rotatable bonds is 2. The quantitative estimate of drug-likeness (QED) is 0.836. The van der Waals surface area contributed by atoms with Gasteiger partial charge in [0, 0.05) is 10.6 Å². The van der Waals surface area contributed by atoms with Gasteiger partial charge in [0.25, 0.3) is 5.91 Å². The number of amides is 1. The Kier molecular flexibility index (Phi) is 4.80. The van der Waals surface area contributed by atoms with E-state index in [9.17, 15) is 4.79 Å². The van der Waals surface area contributed by atoms with Crippen LogP contribution in [0.2, 0.25) is 5.02 Å². The van der Waals surface area contributed by atoms with Crippen LogP contribution in [0.25, 0.3) is 0 Å². The molecule has 1 aromatic heterocycles. The average Bonchev–Trinajstić information content (AvgIpc) is 2.85. The topological polar surface area (TPSA) is 49.3 Å². The van der Waals surface area contributed by atoms with Crippen molar-refractivity contribution in [3.8, 4) is 11.8 Å². The summed E-state index contributed by atoms with van der Waals surface area (Å²) in [6.07, 6.45) is 0. The molecule has 0 bridgehead atoms.